The molecule has 0 bridgehead atoms. The van der Waals surface area contributed by atoms with Crippen molar-refractivity contribution in [2.75, 3.05) is 37.8 Å². The molecule has 33 heavy (non-hydrogen) atoms. The van der Waals surface area contributed by atoms with Crippen LogP contribution in [0.2, 0.25) is 0 Å². The van der Waals surface area contributed by atoms with Crippen LogP contribution in [-0.2, 0) is 6.42 Å². The van der Waals surface area contributed by atoms with E-state index in [4.69, 9.17) is 4.98 Å². The highest BCUT2D eigenvalue weighted by molar-refractivity contribution is 7.99. The Balaban J connectivity index is 1.66. The van der Waals surface area contributed by atoms with Gasteiger partial charge in [-0.25, -0.2) is 4.98 Å². The van der Waals surface area contributed by atoms with Crippen LogP contribution in [0.25, 0.3) is 16.7 Å². The normalized spacial score (nSPS) is 16.2. The van der Waals surface area contributed by atoms with Crippen molar-refractivity contribution in [2.24, 2.45) is 0 Å². The van der Waals surface area contributed by atoms with Crippen LogP contribution in [0.15, 0.2) is 59.5 Å². The number of hydrogen-bond donors (Lipinski definition) is 0. The molecule has 0 aliphatic carbocycles. The largest absolute Gasteiger partial charge is 0.356 e. The summed E-state index contributed by atoms with van der Waals surface area (Å²) in [6.07, 6.45) is 2.04. The molecule has 1 saturated heterocycles. The standard InChI is InChI=1S/C27H29N5S/c1-19-22(14-16-33-21-9-5-4-6-10-21)27(31-15-13-20(18-31)30(2)3)32-25-12-8-7-11-24(25)29-26(32)23(19)17-28/h4-12,20H,13-16,18H2,1-3H3/t20-/m0/s1. The summed E-state index contributed by atoms with van der Waals surface area (Å²) in [7, 11) is 4.33. The van der Waals surface area contributed by atoms with Crippen molar-refractivity contribution in [1.82, 2.24) is 14.3 Å². The van der Waals surface area contributed by atoms with E-state index in [2.05, 4.69) is 83.8 Å². The van der Waals surface area contributed by atoms with E-state index in [9.17, 15) is 5.26 Å². The average molecular weight is 456 g/mol. The highest BCUT2D eigenvalue weighted by atomic mass is 32.2. The monoisotopic (exact) mass is 455 g/mol. The number of thioether (sulfide) groups is 1. The van der Waals surface area contributed by atoms with Gasteiger partial charge >= 0.3 is 0 Å². The first-order valence-electron chi connectivity index (χ1n) is 11.5. The summed E-state index contributed by atoms with van der Waals surface area (Å²) >= 11 is 1.87. The molecule has 1 atom stereocenters. The van der Waals surface area contributed by atoms with Gasteiger partial charge in [0.1, 0.15) is 11.9 Å². The van der Waals surface area contributed by atoms with Gasteiger partial charge in [-0.05, 0) is 69.3 Å². The molecule has 5 rings (SSSR count). The van der Waals surface area contributed by atoms with E-state index in [-0.39, 0.29) is 0 Å². The maximum Gasteiger partial charge on any atom is 0.157 e. The van der Waals surface area contributed by atoms with Gasteiger partial charge in [0.15, 0.2) is 5.65 Å². The molecule has 0 amide bonds. The number of hydrogen-bond acceptors (Lipinski definition) is 5. The van der Waals surface area contributed by atoms with E-state index in [1.165, 1.54) is 16.3 Å². The second kappa shape index (κ2) is 9.09. The van der Waals surface area contributed by atoms with Gasteiger partial charge in [0, 0.05) is 29.8 Å². The molecular formula is C27H29N5S. The van der Waals surface area contributed by atoms with E-state index in [1.54, 1.807) is 0 Å². The molecule has 0 unspecified atom stereocenters. The maximum absolute atomic E-state index is 10.1. The van der Waals surface area contributed by atoms with Crippen molar-refractivity contribution in [1.29, 1.82) is 5.26 Å². The quantitative estimate of drug-likeness (QED) is 0.377. The lowest BCUT2D eigenvalue weighted by molar-refractivity contribution is 0.315. The molecule has 0 radical (unpaired) electrons. The summed E-state index contributed by atoms with van der Waals surface area (Å²) in [5.41, 5.74) is 5.82. The molecule has 4 aromatic rings. The zero-order chi connectivity index (χ0) is 22.9. The smallest absolute Gasteiger partial charge is 0.157 e. The van der Waals surface area contributed by atoms with Crippen LogP contribution < -0.4 is 4.90 Å². The highest BCUT2D eigenvalue weighted by Gasteiger charge is 2.30. The van der Waals surface area contributed by atoms with E-state index in [0.717, 1.165) is 53.9 Å². The van der Waals surface area contributed by atoms with Crippen LogP contribution >= 0.6 is 11.8 Å². The Bertz CT molecular complexity index is 1340. The summed E-state index contributed by atoms with van der Waals surface area (Å²) in [5, 5.41) is 10.1. The van der Waals surface area contributed by atoms with Crippen molar-refractivity contribution in [2.45, 2.75) is 30.7 Å². The van der Waals surface area contributed by atoms with Gasteiger partial charge in [0.25, 0.3) is 0 Å². The summed E-state index contributed by atoms with van der Waals surface area (Å²) in [5.74, 6) is 2.18. The first-order chi connectivity index (χ1) is 16.1. The molecule has 168 valence electrons. The molecule has 2 aromatic carbocycles. The highest BCUT2D eigenvalue weighted by Crippen LogP contribution is 2.36. The van der Waals surface area contributed by atoms with Crippen LogP contribution in [0.4, 0.5) is 5.82 Å². The summed E-state index contributed by atoms with van der Waals surface area (Å²) in [6, 6.07) is 21.8. The molecule has 5 nitrogen and oxygen atoms in total. The molecule has 1 fully saturated rings. The number of nitrogens with zero attached hydrogens (tertiary/aromatic N) is 5. The molecule has 0 saturated carbocycles. The number of benzene rings is 2. The van der Waals surface area contributed by atoms with Crippen molar-refractivity contribution in [3.05, 3.63) is 71.3 Å². The first kappa shape index (κ1) is 21.8. The van der Waals surface area contributed by atoms with E-state index < -0.39 is 0 Å². The summed E-state index contributed by atoms with van der Waals surface area (Å²) < 4.78 is 2.25. The maximum atomic E-state index is 10.1. The van der Waals surface area contributed by atoms with Crippen LogP contribution in [0, 0.1) is 18.3 Å². The van der Waals surface area contributed by atoms with Gasteiger partial charge in [-0.2, -0.15) is 5.26 Å². The fourth-order valence-electron chi connectivity index (χ4n) is 4.94. The molecular weight excluding hydrogens is 426 g/mol. The summed E-state index contributed by atoms with van der Waals surface area (Å²) in [6.45, 7) is 4.09. The average Bonchev–Trinajstić information content (AvgIpc) is 3.46. The van der Waals surface area contributed by atoms with Gasteiger partial charge < -0.3 is 9.80 Å². The Hall–Kier alpha value is -3.01. The summed E-state index contributed by atoms with van der Waals surface area (Å²) in [4.78, 5) is 11.0. The Morgan fingerprint density at radius 3 is 2.61 bits per heavy atom. The van der Waals surface area contributed by atoms with Crippen molar-refractivity contribution in [3.8, 4) is 6.07 Å². The van der Waals surface area contributed by atoms with Crippen LogP contribution in [0.1, 0.15) is 23.1 Å². The topological polar surface area (TPSA) is 47.6 Å². The predicted molar refractivity (Wildman–Crippen MR) is 137 cm³/mol. The fraction of sp³-hybridized carbons (Fsp3) is 0.333. The van der Waals surface area contributed by atoms with E-state index in [1.807, 2.05) is 23.9 Å². The Labute approximate surface area is 199 Å². The molecule has 0 spiro atoms. The minimum absolute atomic E-state index is 0.525. The van der Waals surface area contributed by atoms with Gasteiger partial charge in [-0.15, -0.1) is 11.8 Å². The first-order valence-corrected chi connectivity index (χ1v) is 12.5. The number of fused-ring (bicyclic) bond motifs is 3. The molecule has 0 N–H and O–H groups in total. The van der Waals surface area contributed by atoms with Gasteiger partial charge in [0.2, 0.25) is 0 Å². The van der Waals surface area contributed by atoms with Crippen LogP contribution in [0.5, 0.6) is 0 Å². The lowest BCUT2D eigenvalue weighted by atomic mass is 10.0. The number of likely N-dealkylation sites (N-methyl/N-ethyl adjacent to an activating group) is 1. The van der Waals surface area contributed by atoms with Crippen LogP contribution in [0.3, 0.4) is 0 Å². The third-order valence-electron chi connectivity index (χ3n) is 6.76. The Kier molecular flexibility index (Phi) is 6.01. The number of aromatic nitrogens is 2. The minimum atomic E-state index is 0.525. The number of pyridine rings is 1. The molecule has 3 heterocycles. The second-order valence-corrected chi connectivity index (χ2v) is 10.1. The zero-order valence-corrected chi connectivity index (χ0v) is 20.3. The SMILES string of the molecule is Cc1c(CCSc2ccccc2)c(N2CC[C@H](N(C)C)C2)n2c(nc3ccccc32)c1C#N. The van der Waals surface area contributed by atoms with Crippen molar-refractivity contribution < 1.29 is 0 Å². The van der Waals surface area contributed by atoms with Gasteiger partial charge in [-0.1, -0.05) is 30.3 Å². The Morgan fingerprint density at radius 2 is 1.88 bits per heavy atom. The Morgan fingerprint density at radius 1 is 1.12 bits per heavy atom. The second-order valence-electron chi connectivity index (χ2n) is 8.94. The fourth-order valence-corrected chi connectivity index (χ4v) is 5.83. The van der Waals surface area contributed by atoms with Gasteiger partial charge in [0.05, 0.1) is 16.6 Å². The van der Waals surface area contributed by atoms with E-state index >= 15 is 0 Å². The minimum Gasteiger partial charge on any atom is -0.356 e. The van der Waals surface area contributed by atoms with E-state index in [0.29, 0.717) is 11.6 Å². The molecule has 6 heteroatoms. The third kappa shape index (κ3) is 3.96. The van der Waals surface area contributed by atoms with Crippen molar-refractivity contribution >= 4 is 34.3 Å². The number of anilines is 1. The molecule has 1 aliphatic rings. The zero-order valence-electron chi connectivity index (χ0n) is 19.5. The number of imidazole rings is 1. The number of para-hydroxylation sites is 2. The number of rotatable bonds is 6. The van der Waals surface area contributed by atoms with Gasteiger partial charge in [-0.3, -0.25) is 4.40 Å². The lowest BCUT2D eigenvalue weighted by Gasteiger charge is -2.27. The molecule has 1 aliphatic heterocycles. The third-order valence-corrected chi connectivity index (χ3v) is 7.78. The number of nitriles is 1. The molecule has 2 aromatic heterocycles. The van der Waals surface area contributed by atoms with Crippen molar-refractivity contribution in [3.63, 3.8) is 0 Å². The lowest BCUT2D eigenvalue weighted by Crippen LogP contribution is -2.32. The predicted octanol–water partition coefficient (Wildman–Crippen LogP) is 5.14. The van der Waals surface area contributed by atoms with Crippen LogP contribution in [-0.4, -0.2) is 53.3 Å².